The van der Waals surface area contributed by atoms with Gasteiger partial charge in [-0.1, -0.05) is 29.8 Å². The predicted molar refractivity (Wildman–Crippen MR) is 128 cm³/mol. The first-order chi connectivity index (χ1) is 14.3. The molecule has 1 aromatic carbocycles. The van der Waals surface area contributed by atoms with Crippen LogP contribution in [-0.2, 0) is 16.0 Å². The second kappa shape index (κ2) is 10.0. The van der Waals surface area contributed by atoms with E-state index in [2.05, 4.69) is 12.1 Å². The molecule has 0 saturated heterocycles. The number of hydrogen-bond donors (Lipinski definition) is 0. The highest BCUT2D eigenvalue weighted by molar-refractivity contribution is 7.18. The lowest BCUT2D eigenvalue weighted by molar-refractivity contribution is -0.171. The van der Waals surface area contributed by atoms with Crippen molar-refractivity contribution in [2.45, 2.75) is 72.5 Å². The maximum atomic E-state index is 12.5. The molecule has 0 atom stereocenters. The molecule has 0 N–H and O–H groups in total. The van der Waals surface area contributed by atoms with Gasteiger partial charge in [0.15, 0.2) is 11.4 Å². The van der Waals surface area contributed by atoms with E-state index in [1.165, 1.54) is 11.3 Å². The van der Waals surface area contributed by atoms with Gasteiger partial charge in [0.2, 0.25) is 0 Å². The van der Waals surface area contributed by atoms with E-state index in [4.69, 9.17) is 21.1 Å². The van der Waals surface area contributed by atoms with Crippen molar-refractivity contribution in [3.05, 3.63) is 62.3 Å². The highest BCUT2D eigenvalue weighted by Gasteiger charge is 2.35. The molecule has 168 valence electrons. The minimum absolute atomic E-state index is 0.0302. The Morgan fingerprint density at radius 2 is 1.68 bits per heavy atom. The molecule has 4 nitrogen and oxygen atoms in total. The second-order valence-electron chi connectivity index (χ2n) is 9.08. The van der Waals surface area contributed by atoms with Crippen LogP contribution in [0.4, 0.5) is 0 Å². The zero-order valence-electron chi connectivity index (χ0n) is 19.3. The van der Waals surface area contributed by atoms with Crippen molar-refractivity contribution in [3.8, 4) is 5.75 Å². The van der Waals surface area contributed by atoms with Gasteiger partial charge < -0.3 is 9.47 Å². The largest absolute Gasteiger partial charge is 0.476 e. The normalized spacial score (nSPS) is 12.3. The molecule has 1 aromatic heterocycles. The fourth-order valence-corrected chi connectivity index (χ4v) is 3.98. The first-order valence-electron chi connectivity index (χ1n) is 10.3. The number of ether oxygens (including phenoxy) is 2. The summed E-state index contributed by atoms with van der Waals surface area (Å²) in [6.07, 6.45) is 5.03. The van der Waals surface area contributed by atoms with Gasteiger partial charge in [0, 0.05) is 0 Å². The number of aryl methyl sites for hydroxylation is 3. The van der Waals surface area contributed by atoms with Crippen LogP contribution in [0.1, 0.15) is 67.4 Å². The third-order valence-corrected chi connectivity index (χ3v) is 5.70. The van der Waals surface area contributed by atoms with Gasteiger partial charge in [0.05, 0.1) is 9.21 Å². The Balaban J connectivity index is 2.02. The number of rotatable bonds is 8. The summed E-state index contributed by atoms with van der Waals surface area (Å²) < 4.78 is 12.2. The quantitative estimate of drug-likeness (QED) is 0.243. The van der Waals surface area contributed by atoms with Gasteiger partial charge in [-0.3, -0.25) is 4.79 Å². The maximum absolute atomic E-state index is 12.5. The highest BCUT2D eigenvalue weighted by atomic mass is 35.5. The number of esters is 1. The fraction of sp³-hybridized carbons (Fsp3) is 0.440. The topological polar surface area (TPSA) is 52.6 Å². The zero-order valence-corrected chi connectivity index (χ0v) is 20.9. The van der Waals surface area contributed by atoms with Gasteiger partial charge in [-0.25, -0.2) is 4.79 Å². The number of ketones is 1. The van der Waals surface area contributed by atoms with Crippen LogP contribution in [0.25, 0.3) is 0 Å². The third-order valence-electron chi connectivity index (χ3n) is 4.45. The first-order valence-corrected chi connectivity index (χ1v) is 11.5. The van der Waals surface area contributed by atoms with Crippen molar-refractivity contribution in [3.63, 3.8) is 0 Å². The van der Waals surface area contributed by atoms with Gasteiger partial charge in [-0.05, 0) is 96.2 Å². The summed E-state index contributed by atoms with van der Waals surface area (Å²) in [5.74, 6) is 0.266. The average Bonchev–Trinajstić information content (AvgIpc) is 3.07. The molecule has 1 heterocycles. The number of thiophene rings is 1. The van der Waals surface area contributed by atoms with Crippen molar-refractivity contribution in [1.29, 1.82) is 0 Å². The van der Waals surface area contributed by atoms with E-state index >= 15 is 0 Å². The lowest BCUT2D eigenvalue weighted by atomic mass is 10.0. The molecule has 2 rings (SSSR count). The monoisotopic (exact) mass is 462 g/mol. The Bertz CT molecular complexity index is 957. The number of hydrogen-bond acceptors (Lipinski definition) is 5. The molecule has 0 amide bonds. The third kappa shape index (κ3) is 7.51. The number of benzene rings is 1. The van der Waals surface area contributed by atoms with E-state index in [9.17, 15) is 9.59 Å². The molecule has 31 heavy (non-hydrogen) atoms. The van der Waals surface area contributed by atoms with E-state index in [1.807, 2.05) is 40.7 Å². The van der Waals surface area contributed by atoms with Crippen LogP contribution in [0.15, 0.2) is 36.4 Å². The molecule has 0 saturated carbocycles. The molecule has 0 fully saturated rings. The molecular formula is C25H31ClO4S. The predicted octanol–water partition coefficient (Wildman–Crippen LogP) is 6.89. The van der Waals surface area contributed by atoms with E-state index < -0.39 is 17.2 Å². The zero-order chi connectivity index (χ0) is 23.4. The Kier molecular flexibility index (Phi) is 8.12. The van der Waals surface area contributed by atoms with Crippen LogP contribution < -0.4 is 4.74 Å². The Hall–Kier alpha value is -2.11. The Labute approximate surface area is 194 Å². The van der Waals surface area contributed by atoms with Crippen LogP contribution in [0.2, 0.25) is 4.34 Å². The lowest BCUT2D eigenvalue weighted by Crippen LogP contribution is -2.43. The molecule has 2 aromatic rings. The van der Waals surface area contributed by atoms with Crippen LogP contribution in [0.5, 0.6) is 5.75 Å². The number of carbonyl (C=O) groups excluding carboxylic acids is 2. The molecule has 0 spiro atoms. The molecule has 0 bridgehead atoms. The van der Waals surface area contributed by atoms with Crippen LogP contribution >= 0.6 is 22.9 Å². The molecule has 0 radical (unpaired) electrons. The van der Waals surface area contributed by atoms with Crippen LogP contribution in [0.3, 0.4) is 0 Å². The number of carbonyl (C=O) groups is 2. The van der Waals surface area contributed by atoms with Gasteiger partial charge in [0.25, 0.3) is 0 Å². The fourth-order valence-electron chi connectivity index (χ4n) is 3.01. The van der Waals surface area contributed by atoms with Crippen LogP contribution in [0, 0.1) is 13.8 Å². The van der Waals surface area contributed by atoms with Gasteiger partial charge in [-0.15, -0.1) is 11.3 Å². The summed E-state index contributed by atoms with van der Waals surface area (Å²) in [5.41, 5.74) is 1.39. The molecule has 0 aliphatic rings. The molecule has 0 aliphatic heterocycles. The van der Waals surface area contributed by atoms with E-state index in [0.29, 0.717) is 15.0 Å². The summed E-state index contributed by atoms with van der Waals surface area (Å²) in [7, 11) is 0. The van der Waals surface area contributed by atoms with Crippen molar-refractivity contribution in [2.24, 2.45) is 0 Å². The SMILES string of the molecule is Cc1cc(CC/C=C/C(=O)c2ccc(Cl)s2)cc(C)c1OC(C)(C)C(=O)OC(C)(C)C. The van der Waals surface area contributed by atoms with Gasteiger partial charge in [0.1, 0.15) is 11.4 Å². The number of allylic oxidation sites excluding steroid dienone is 2. The summed E-state index contributed by atoms with van der Waals surface area (Å²) in [6, 6.07) is 7.58. The highest BCUT2D eigenvalue weighted by Crippen LogP contribution is 2.30. The second-order valence-corrected chi connectivity index (χ2v) is 10.8. The van der Waals surface area contributed by atoms with E-state index in [0.717, 1.165) is 29.5 Å². The smallest absolute Gasteiger partial charge is 0.350 e. The van der Waals surface area contributed by atoms with Gasteiger partial charge >= 0.3 is 5.97 Å². The molecule has 0 aliphatic carbocycles. The summed E-state index contributed by atoms with van der Waals surface area (Å²) >= 11 is 7.16. The van der Waals surface area contributed by atoms with Crippen LogP contribution in [-0.4, -0.2) is 23.0 Å². The molecule has 0 unspecified atom stereocenters. The van der Waals surface area contributed by atoms with E-state index in [-0.39, 0.29) is 5.78 Å². The number of halogens is 1. The van der Waals surface area contributed by atoms with Crippen molar-refractivity contribution >= 4 is 34.7 Å². The van der Waals surface area contributed by atoms with Gasteiger partial charge in [-0.2, -0.15) is 0 Å². The summed E-state index contributed by atoms with van der Waals surface area (Å²) in [4.78, 5) is 25.3. The Morgan fingerprint density at radius 1 is 1.06 bits per heavy atom. The average molecular weight is 463 g/mol. The Morgan fingerprint density at radius 3 is 2.19 bits per heavy atom. The first kappa shape index (κ1) is 25.2. The summed E-state index contributed by atoms with van der Waals surface area (Å²) in [5, 5.41) is 0. The van der Waals surface area contributed by atoms with Crippen molar-refractivity contribution < 1.29 is 19.1 Å². The molecular weight excluding hydrogens is 432 g/mol. The summed E-state index contributed by atoms with van der Waals surface area (Å²) in [6.45, 7) is 12.9. The van der Waals surface area contributed by atoms with E-state index in [1.54, 1.807) is 32.1 Å². The molecule has 6 heteroatoms. The lowest BCUT2D eigenvalue weighted by Gasteiger charge is -2.30. The maximum Gasteiger partial charge on any atom is 0.350 e. The van der Waals surface area contributed by atoms with Crippen molar-refractivity contribution in [2.75, 3.05) is 0 Å². The van der Waals surface area contributed by atoms with Crippen molar-refractivity contribution in [1.82, 2.24) is 0 Å². The standard InChI is InChI=1S/C25H31ClO4S/c1-16-14-18(10-8-9-11-19(27)20-12-13-21(26)31-20)15-17(2)22(16)29-25(6,7)23(28)30-24(3,4)5/h9,11-15H,8,10H2,1-7H3/b11-9+. The minimum atomic E-state index is -1.10. The minimum Gasteiger partial charge on any atom is -0.476 e.